The van der Waals surface area contributed by atoms with Crippen LogP contribution in [-0.4, -0.2) is 71.7 Å². The normalized spacial score (nSPS) is 15.1. The first kappa shape index (κ1) is 28.7. The molecular formula is C29H34N4O7S. The molecule has 2 aliphatic heterocycles. The number of nitrogens with zero attached hydrogens (tertiary/aromatic N) is 3. The molecule has 1 fully saturated rings. The summed E-state index contributed by atoms with van der Waals surface area (Å²) in [5.74, 6) is 1.67. The lowest BCUT2D eigenvalue weighted by Crippen LogP contribution is -2.44. The number of amides is 2. The minimum Gasteiger partial charge on any atom is -0.497 e. The maximum Gasteiger partial charge on any atom is 0.262 e. The van der Waals surface area contributed by atoms with Crippen LogP contribution in [0, 0.1) is 0 Å². The third-order valence-electron chi connectivity index (χ3n) is 7.06. The Morgan fingerprint density at radius 1 is 1.12 bits per heavy atom. The number of rotatable bonds is 11. The highest BCUT2D eigenvalue weighted by atomic mass is 32.2. The molecule has 0 saturated carbocycles. The summed E-state index contributed by atoms with van der Waals surface area (Å²) in [6, 6.07) is 10.8. The predicted molar refractivity (Wildman–Crippen MR) is 154 cm³/mol. The van der Waals surface area contributed by atoms with Gasteiger partial charge in [-0.05, 0) is 36.6 Å². The molecule has 41 heavy (non-hydrogen) atoms. The van der Waals surface area contributed by atoms with Crippen LogP contribution in [0.2, 0.25) is 0 Å². The lowest BCUT2D eigenvalue weighted by Gasteiger charge is -2.30. The molecular weight excluding hydrogens is 548 g/mol. The number of methoxy groups -OCH3 is 1. The molecule has 3 heterocycles. The first-order valence-electron chi connectivity index (χ1n) is 13.7. The highest BCUT2D eigenvalue weighted by Crippen LogP contribution is 2.35. The third-order valence-corrected chi connectivity index (χ3v) is 8.41. The number of carbonyl (C=O) groups excluding carboxylic acids is 2. The molecule has 2 aliphatic rings. The summed E-state index contributed by atoms with van der Waals surface area (Å²) in [4.78, 5) is 46.2. The molecule has 1 atom stereocenters. The molecule has 0 radical (unpaired) electrons. The number of benzene rings is 2. The Morgan fingerprint density at radius 3 is 2.56 bits per heavy atom. The standard InChI is InChI=1S/C29H34N4O7S/c1-3-25(28(36)32-11-13-38-14-12-32)41-29-31-22-16-24-23(39-18-40-24)15-21(22)27(35)33(29)10-4-5-26(34)30-17-19-6-8-20(37-2)9-7-19/h6-9,15-16,25H,3-5,10-14,17-18H2,1-2H3,(H,30,34)/t25-/m1/s1. The molecule has 5 rings (SSSR count). The van der Waals surface area contributed by atoms with Crippen molar-refractivity contribution in [3.05, 3.63) is 52.3 Å². The zero-order chi connectivity index (χ0) is 28.8. The van der Waals surface area contributed by atoms with Crippen LogP contribution >= 0.6 is 11.8 Å². The summed E-state index contributed by atoms with van der Waals surface area (Å²) < 4.78 is 23.1. The van der Waals surface area contributed by atoms with Gasteiger partial charge < -0.3 is 29.2 Å². The summed E-state index contributed by atoms with van der Waals surface area (Å²) in [5.41, 5.74) is 1.19. The van der Waals surface area contributed by atoms with Crippen molar-refractivity contribution in [2.45, 2.75) is 49.7 Å². The van der Waals surface area contributed by atoms with Crippen molar-refractivity contribution < 1.29 is 28.5 Å². The Kier molecular flexibility index (Phi) is 9.30. The Hall–Kier alpha value is -3.77. The molecule has 2 amide bonds. The number of hydrogen-bond donors (Lipinski definition) is 1. The van der Waals surface area contributed by atoms with Crippen LogP contribution in [0.3, 0.4) is 0 Å². The quantitative estimate of drug-likeness (QED) is 0.269. The van der Waals surface area contributed by atoms with Gasteiger partial charge in [-0.2, -0.15) is 0 Å². The van der Waals surface area contributed by atoms with Crippen LogP contribution in [0.4, 0.5) is 0 Å². The van der Waals surface area contributed by atoms with Crippen LogP contribution in [-0.2, 0) is 27.4 Å². The van der Waals surface area contributed by atoms with Gasteiger partial charge in [0, 0.05) is 38.7 Å². The van der Waals surface area contributed by atoms with Gasteiger partial charge in [0.2, 0.25) is 18.6 Å². The highest BCUT2D eigenvalue weighted by Gasteiger charge is 2.28. The minimum atomic E-state index is -0.412. The second kappa shape index (κ2) is 13.3. The number of carbonyl (C=O) groups is 2. The topological polar surface area (TPSA) is 121 Å². The number of hydrogen-bond acceptors (Lipinski definition) is 9. The van der Waals surface area contributed by atoms with Crippen molar-refractivity contribution in [3.8, 4) is 17.2 Å². The first-order chi connectivity index (χ1) is 20.0. The number of fused-ring (bicyclic) bond motifs is 2. The van der Waals surface area contributed by atoms with Gasteiger partial charge in [-0.15, -0.1) is 0 Å². The highest BCUT2D eigenvalue weighted by molar-refractivity contribution is 8.00. The van der Waals surface area contributed by atoms with Gasteiger partial charge in [-0.3, -0.25) is 19.0 Å². The van der Waals surface area contributed by atoms with Crippen molar-refractivity contribution in [1.29, 1.82) is 0 Å². The summed E-state index contributed by atoms with van der Waals surface area (Å²) in [6.45, 7) is 4.82. The minimum absolute atomic E-state index is 0.00490. The largest absolute Gasteiger partial charge is 0.497 e. The molecule has 1 N–H and O–H groups in total. The van der Waals surface area contributed by atoms with Crippen LogP contribution in [0.1, 0.15) is 31.7 Å². The fraction of sp³-hybridized carbons (Fsp3) is 0.448. The van der Waals surface area contributed by atoms with E-state index in [0.29, 0.717) is 73.2 Å². The van der Waals surface area contributed by atoms with E-state index in [0.717, 1.165) is 11.3 Å². The summed E-state index contributed by atoms with van der Waals surface area (Å²) >= 11 is 1.29. The van der Waals surface area contributed by atoms with Crippen molar-refractivity contribution in [1.82, 2.24) is 19.8 Å². The average molecular weight is 583 g/mol. The Bertz CT molecular complexity index is 1450. The lowest BCUT2D eigenvalue weighted by atomic mass is 10.2. The first-order valence-corrected chi connectivity index (χ1v) is 14.6. The van der Waals surface area contributed by atoms with Crippen LogP contribution in [0.15, 0.2) is 46.3 Å². The van der Waals surface area contributed by atoms with Crippen molar-refractivity contribution in [3.63, 3.8) is 0 Å². The molecule has 0 bridgehead atoms. The Balaban J connectivity index is 1.32. The molecule has 218 valence electrons. The summed E-state index contributed by atoms with van der Waals surface area (Å²) in [6.07, 6.45) is 1.23. The molecule has 0 aliphatic carbocycles. The van der Waals surface area contributed by atoms with Crippen LogP contribution < -0.4 is 25.1 Å². The second-order valence-electron chi connectivity index (χ2n) is 9.75. The van der Waals surface area contributed by atoms with Gasteiger partial charge in [-0.25, -0.2) is 4.98 Å². The van der Waals surface area contributed by atoms with E-state index in [-0.39, 0.29) is 37.1 Å². The summed E-state index contributed by atoms with van der Waals surface area (Å²) in [5, 5.41) is 3.35. The number of ether oxygens (including phenoxy) is 4. The lowest BCUT2D eigenvalue weighted by molar-refractivity contribution is -0.134. The second-order valence-corrected chi connectivity index (χ2v) is 10.9. The van der Waals surface area contributed by atoms with Crippen LogP contribution in [0.25, 0.3) is 10.9 Å². The van der Waals surface area contributed by atoms with Gasteiger partial charge in [0.05, 0.1) is 36.5 Å². The van der Waals surface area contributed by atoms with E-state index in [1.165, 1.54) is 11.8 Å². The number of thioether (sulfide) groups is 1. The Morgan fingerprint density at radius 2 is 1.85 bits per heavy atom. The summed E-state index contributed by atoms with van der Waals surface area (Å²) in [7, 11) is 1.61. The van der Waals surface area contributed by atoms with Crippen LogP contribution in [0.5, 0.6) is 17.2 Å². The molecule has 0 unspecified atom stereocenters. The fourth-order valence-corrected chi connectivity index (χ4v) is 5.85. The maximum atomic E-state index is 13.7. The van der Waals surface area contributed by atoms with Crippen molar-refractivity contribution >= 4 is 34.5 Å². The predicted octanol–water partition coefficient (Wildman–Crippen LogP) is 2.96. The number of aromatic nitrogens is 2. The molecule has 12 heteroatoms. The number of nitrogens with one attached hydrogen (secondary N) is 1. The smallest absolute Gasteiger partial charge is 0.262 e. The van der Waals surface area contributed by atoms with Crippen molar-refractivity contribution in [2.75, 3.05) is 40.2 Å². The SMILES string of the molecule is CC[C@@H](Sc1nc2cc3c(cc2c(=O)n1CCCC(=O)NCc1ccc(OC)cc1)OCO3)C(=O)N1CCOCC1. The van der Waals surface area contributed by atoms with Gasteiger partial charge >= 0.3 is 0 Å². The van der Waals surface area contributed by atoms with E-state index in [9.17, 15) is 14.4 Å². The van der Waals surface area contributed by atoms with E-state index in [1.807, 2.05) is 31.2 Å². The van der Waals surface area contributed by atoms with Gasteiger partial charge in [0.25, 0.3) is 5.56 Å². The number of morpholine rings is 1. The zero-order valence-corrected chi connectivity index (χ0v) is 24.0. The molecule has 1 saturated heterocycles. The monoisotopic (exact) mass is 582 g/mol. The van der Waals surface area contributed by atoms with E-state index < -0.39 is 5.25 Å². The zero-order valence-electron chi connectivity index (χ0n) is 23.2. The molecule has 1 aromatic heterocycles. The van der Waals surface area contributed by atoms with Crippen molar-refractivity contribution in [2.24, 2.45) is 0 Å². The molecule has 3 aromatic rings. The van der Waals surface area contributed by atoms with Gasteiger partial charge in [0.15, 0.2) is 16.7 Å². The average Bonchev–Trinajstić information content (AvgIpc) is 3.47. The van der Waals surface area contributed by atoms with E-state index in [2.05, 4.69) is 5.32 Å². The molecule has 0 spiro atoms. The van der Waals surface area contributed by atoms with Gasteiger partial charge in [0.1, 0.15) is 5.75 Å². The fourth-order valence-electron chi connectivity index (χ4n) is 4.73. The van der Waals surface area contributed by atoms with E-state index in [1.54, 1.807) is 28.7 Å². The maximum absolute atomic E-state index is 13.7. The van der Waals surface area contributed by atoms with E-state index >= 15 is 0 Å². The van der Waals surface area contributed by atoms with E-state index in [4.69, 9.17) is 23.9 Å². The molecule has 11 nitrogen and oxygen atoms in total. The Labute approximate surface area is 242 Å². The third kappa shape index (κ3) is 6.76. The van der Waals surface area contributed by atoms with Gasteiger partial charge in [-0.1, -0.05) is 30.8 Å². The molecule has 2 aromatic carbocycles.